The fourth-order valence-electron chi connectivity index (χ4n) is 2.17. The molecule has 0 N–H and O–H groups in total. The summed E-state index contributed by atoms with van der Waals surface area (Å²) in [6, 6.07) is 7.22. The minimum Gasteiger partial charge on any atom is -0.497 e. The van der Waals surface area contributed by atoms with E-state index in [-0.39, 0.29) is 5.82 Å². The van der Waals surface area contributed by atoms with Crippen molar-refractivity contribution in [3.05, 3.63) is 41.2 Å². The van der Waals surface area contributed by atoms with E-state index in [9.17, 15) is 4.39 Å². The molecule has 2 aromatic carbocycles. The third-order valence-electron chi connectivity index (χ3n) is 2.93. The Morgan fingerprint density at radius 1 is 1.25 bits per heavy atom. The first kappa shape index (κ1) is 10.9. The molecule has 0 unspecified atom stereocenters. The Morgan fingerprint density at radius 2 is 2.00 bits per heavy atom. The lowest BCUT2D eigenvalue weighted by Crippen LogP contribution is -1.93. The first-order valence-corrected chi connectivity index (χ1v) is 5.43. The summed E-state index contributed by atoms with van der Waals surface area (Å²) in [5.74, 6) is 0.696. The van der Waals surface area contributed by atoms with Gasteiger partial charge in [-0.15, -0.1) is 0 Å². The van der Waals surface area contributed by atoms with Crippen molar-refractivity contribution >= 4 is 10.8 Å². The third-order valence-corrected chi connectivity index (χ3v) is 2.93. The molecule has 0 bridgehead atoms. The van der Waals surface area contributed by atoms with Gasteiger partial charge in [-0.3, -0.25) is 0 Å². The molecule has 0 aliphatic carbocycles. The van der Waals surface area contributed by atoms with Crippen LogP contribution >= 0.6 is 0 Å². The maximum absolute atomic E-state index is 13.7. The lowest BCUT2D eigenvalue weighted by molar-refractivity contribution is 0.415. The van der Waals surface area contributed by atoms with Crippen molar-refractivity contribution in [3.8, 4) is 5.75 Å². The molecule has 2 heteroatoms. The van der Waals surface area contributed by atoms with E-state index < -0.39 is 0 Å². The summed E-state index contributed by atoms with van der Waals surface area (Å²) in [6.07, 6.45) is 0.705. The number of halogens is 1. The van der Waals surface area contributed by atoms with Crippen LogP contribution in [0, 0.1) is 12.7 Å². The fourth-order valence-corrected chi connectivity index (χ4v) is 2.17. The normalized spacial score (nSPS) is 10.8. The van der Waals surface area contributed by atoms with Crippen molar-refractivity contribution < 1.29 is 9.13 Å². The Morgan fingerprint density at radius 3 is 2.62 bits per heavy atom. The number of ether oxygens (including phenoxy) is 1. The Bertz CT molecular complexity index is 532. The molecule has 16 heavy (non-hydrogen) atoms. The molecule has 2 rings (SSSR count). The molecule has 0 radical (unpaired) electrons. The number of fused-ring (bicyclic) bond motifs is 1. The van der Waals surface area contributed by atoms with Crippen molar-refractivity contribution in [2.75, 3.05) is 7.11 Å². The number of hydrogen-bond acceptors (Lipinski definition) is 1. The van der Waals surface area contributed by atoms with Gasteiger partial charge in [-0.05, 0) is 53.4 Å². The number of rotatable bonds is 2. The summed E-state index contributed by atoms with van der Waals surface area (Å²) in [6.45, 7) is 3.96. The first-order valence-electron chi connectivity index (χ1n) is 5.43. The highest BCUT2D eigenvalue weighted by molar-refractivity contribution is 5.90. The lowest BCUT2D eigenvalue weighted by atomic mass is 9.97. The third kappa shape index (κ3) is 1.64. The van der Waals surface area contributed by atoms with Gasteiger partial charge in [0.15, 0.2) is 0 Å². The van der Waals surface area contributed by atoms with E-state index in [0.29, 0.717) is 6.42 Å². The molecule has 0 aliphatic heterocycles. The SMILES string of the molecule is CCc1c(F)ccc2cc(OC)cc(C)c12. The predicted molar refractivity (Wildman–Crippen MR) is 64.6 cm³/mol. The van der Waals surface area contributed by atoms with Gasteiger partial charge >= 0.3 is 0 Å². The lowest BCUT2D eigenvalue weighted by Gasteiger charge is -2.11. The second-order valence-corrected chi connectivity index (χ2v) is 3.92. The number of benzene rings is 2. The van der Waals surface area contributed by atoms with Crippen LogP contribution in [0.3, 0.4) is 0 Å². The Balaban J connectivity index is 2.83. The maximum Gasteiger partial charge on any atom is 0.127 e. The van der Waals surface area contributed by atoms with Gasteiger partial charge in [0.05, 0.1) is 7.11 Å². The van der Waals surface area contributed by atoms with Gasteiger partial charge in [-0.2, -0.15) is 0 Å². The molecule has 0 fully saturated rings. The highest BCUT2D eigenvalue weighted by Crippen LogP contribution is 2.29. The molecule has 0 heterocycles. The Hall–Kier alpha value is -1.57. The van der Waals surface area contributed by atoms with Crippen LogP contribution in [0.4, 0.5) is 4.39 Å². The quantitative estimate of drug-likeness (QED) is 0.743. The largest absolute Gasteiger partial charge is 0.497 e. The van der Waals surface area contributed by atoms with E-state index in [4.69, 9.17) is 4.74 Å². The smallest absolute Gasteiger partial charge is 0.127 e. The van der Waals surface area contributed by atoms with E-state index >= 15 is 0 Å². The highest BCUT2D eigenvalue weighted by Gasteiger charge is 2.09. The van der Waals surface area contributed by atoms with Crippen LogP contribution < -0.4 is 4.74 Å². The van der Waals surface area contributed by atoms with E-state index in [0.717, 1.165) is 27.6 Å². The van der Waals surface area contributed by atoms with Crippen molar-refractivity contribution in [1.29, 1.82) is 0 Å². The predicted octanol–water partition coefficient (Wildman–Crippen LogP) is 3.86. The van der Waals surface area contributed by atoms with Gasteiger partial charge in [0.25, 0.3) is 0 Å². The zero-order valence-corrected chi connectivity index (χ0v) is 9.80. The molecule has 0 amide bonds. The zero-order chi connectivity index (χ0) is 11.7. The molecule has 0 aromatic heterocycles. The molecular formula is C14H15FO. The average Bonchev–Trinajstić information content (AvgIpc) is 2.29. The highest BCUT2D eigenvalue weighted by atomic mass is 19.1. The molecule has 0 spiro atoms. The Kier molecular flexibility index (Phi) is 2.82. The second kappa shape index (κ2) is 4.12. The van der Waals surface area contributed by atoms with Gasteiger partial charge < -0.3 is 4.74 Å². The maximum atomic E-state index is 13.7. The molecule has 2 aromatic rings. The van der Waals surface area contributed by atoms with Crippen LogP contribution in [-0.2, 0) is 6.42 Å². The van der Waals surface area contributed by atoms with E-state index in [1.807, 2.05) is 26.0 Å². The summed E-state index contributed by atoms with van der Waals surface area (Å²) in [4.78, 5) is 0. The second-order valence-electron chi connectivity index (χ2n) is 3.92. The van der Waals surface area contributed by atoms with E-state index in [1.165, 1.54) is 6.07 Å². The van der Waals surface area contributed by atoms with Gasteiger partial charge in [0.2, 0.25) is 0 Å². The molecule has 1 nitrogen and oxygen atoms in total. The van der Waals surface area contributed by atoms with Gasteiger partial charge in [0, 0.05) is 0 Å². The minimum atomic E-state index is -0.122. The summed E-state index contributed by atoms with van der Waals surface area (Å²) in [5.41, 5.74) is 1.85. The molecule has 0 atom stereocenters. The zero-order valence-electron chi connectivity index (χ0n) is 9.80. The average molecular weight is 218 g/mol. The molecule has 0 saturated heterocycles. The van der Waals surface area contributed by atoms with Gasteiger partial charge in [0.1, 0.15) is 11.6 Å². The van der Waals surface area contributed by atoms with Gasteiger partial charge in [-0.25, -0.2) is 4.39 Å². The van der Waals surface area contributed by atoms with Crippen LogP contribution in [0.15, 0.2) is 24.3 Å². The monoisotopic (exact) mass is 218 g/mol. The standard InChI is InChI=1S/C14H15FO/c1-4-12-13(15)6-5-10-8-11(16-3)7-9(2)14(10)12/h5-8H,4H2,1-3H3. The van der Waals surface area contributed by atoms with E-state index in [1.54, 1.807) is 13.2 Å². The van der Waals surface area contributed by atoms with Crippen molar-refractivity contribution in [1.82, 2.24) is 0 Å². The molecule has 0 saturated carbocycles. The number of methoxy groups -OCH3 is 1. The molecule has 84 valence electrons. The summed E-state index contributed by atoms with van der Waals surface area (Å²) < 4.78 is 18.9. The van der Waals surface area contributed by atoms with Crippen LogP contribution in [0.1, 0.15) is 18.1 Å². The summed E-state index contributed by atoms with van der Waals surface area (Å²) in [5, 5.41) is 2.05. The minimum absolute atomic E-state index is 0.122. The van der Waals surface area contributed by atoms with Crippen LogP contribution in [0.5, 0.6) is 5.75 Å². The summed E-state index contributed by atoms with van der Waals surface area (Å²) >= 11 is 0. The van der Waals surface area contributed by atoms with Crippen molar-refractivity contribution in [3.63, 3.8) is 0 Å². The van der Waals surface area contributed by atoms with Gasteiger partial charge in [-0.1, -0.05) is 13.0 Å². The van der Waals surface area contributed by atoms with E-state index in [2.05, 4.69) is 0 Å². The molecular weight excluding hydrogens is 203 g/mol. The Labute approximate surface area is 94.9 Å². The van der Waals surface area contributed by atoms with Crippen LogP contribution in [-0.4, -0.2) is 7.11 Å². The van der Waals surface area contributed by atoms with Crippen LogP contribution in [0.2, 0.25) is 0 Å². The fraction of sp³-hybridized carbons (Fsp3) is 0.286. The topological polar surface area (TPSA) is 9.23 Å². The van der Waals surface area contributed by atoms with Crippen molar-refractivity contribution in [2.45, 2.75) is 20.3 Å². The van der Waals surface area contributed by atoms with Crippen LogP contribution in [0.25, 0.3) is 10.8 Å². The summed E-state index contributed by atoms with van der Waals surface area (Å²) in [7, 11) is 1.64. The number of aryl methyl sites for hydroxylation is 2. The van der Waals surface area contributed by atoms with Crippen molar-refractivity contribution in [2.24, 2.45) is 0 Å². The molecule has 0 aliphatic rings. The first-order chi connectivity index (χ1) is 7.67. The number of hydrogen-bond donors (Lipinski definition) is 0.